The molecule has 15 heteroatoms. The molecule has 0 bridgehead atoms. The van der Waals surface area contributed by atoms with Crippen LogP contribution in [0.4, 0.5) is 11.5 Å². The summed E-state index contributed by atoms with van der Waals surface area (Å²) in [7, 11) is 5.20. The normalized spacial score (nSPS) is 14.4. The minimum Gasteiger partial charge on any atom is -0.383 e. The molecule has 4 rings (SSSR count). The molecule has 2 unspecified atom stereocenters. The van der Waals surface area contributed by atoms with Gasteiger partial charge in [-0.05, 0) is 97.5 Å². The number of hydrogen-bond acceptors (Lipinski definition) is 10. The van der Waals surface area contributed by atoms with E-state index in [1.54, 1.807) is 31.1 Å². The first kappa shape index (κ1) is 39.5. The van der Waals surface area contributed by atoms with Crippen molar-refractivity contribution in [3.05, 3.63) is 53.0 Å². The van der Waals surface area contributed by atoms with Crippen LogP contribution in [0.1, 0.15) is 59.8 Å². The van der Waals surface area contributed by atoms with Gasteiger partial charge in [-0.1, -0.05) is 12.1 Å². The quantitative estimate of drug-likeness (QED) is 0.152. The van der Waals surface area contributed by atoms with Crippen molar-refractivity contribution in [3.8, 4) is 0 Å². The molecule has 1 aliphatic heterocycles. The molecule has 2 atom stereocenters. The first-order valence-corrected chi connectivity index (χ1v) is 18.5. The van der Waals surface area contributed by atoms with E-state index < -0.39 is 5.91 Å². The largest absolute Gasteiger partial charge is 0.383 e. The lowest BCUT2D eigenvalue weighted by Gasteiger charge is -2.26. The number of nitrogen functional groups attached to an aromatic ring is 1. The maximum absolute atomic E-state index is 12.7. The van der Waals surface area contributed by atoms with E-state index in [-0.39, 0.29) is 37.5 Å². The zero-order valence-electron chi connectivity index (χ0n) is 30.0. The number of benzene rings is 1. The highest BCUT2D eigenvalue weighted by Crippen LogP contribution is 2.34. The lowest BCUT2D eigenvalue weighted by atomic mass is 9.98. The Labute approximate surface area is 290 Å². The Hall–Kier alpha value is -3.97. The molecule has 49 heavy (non-hydrogen) atoms. The number of H-pyrrole nitrogens is 1. The summed E-state index contributed by atoms with van der Waals surface area (Å²) < 4.78 is 8.05. The van der Waals surface area contributed by atoms with E-state index in [9.17, 15) is 14.4 Å². The molecule has 0 spiro atoms. The fraction of sp³-hybridized carbons (Fsp3) is 0.529. The zero-order valence-corrected chi connectivity index (χ0v) is 30.8. The molecule has 0 radical (unpaired) electrons. The number of nitrogens with zero attached hydrogens (tertiary/aromatic N) is 6. The van der Waals surface area contributed by atoms with E-state index in [0.29, 0.717) is 29.7 Å². The summed E-state index contributed by atoms with van der Waals surface area (Å²) in [5.41, 5.74) is 15.3. The molecule has 1 aliphatic rings. The van der Waals surface area contributed by atoms with Crippen molar-refractivity contribution in [1.29, 1.82) is 0 Å². The SMILES string of the molecule is CC(CCN)OCP(C)N(C)C/C=C/C(=O)N1CCCCC1.Cc1c(CC(=O)N(C)C)ccc(NC(=O)c2[nH]nc3ncnc(N)c23)c1C. The molecular formula is C34H53N10O4P. The van der Waals surface area contributed by atoms with Gasteiger partial charge in [0.15, 0.2) is 5.65 Å². The van der Waals surface area contributed by atoms with E-state index in [4.69, 9.17) is 16.2 Å². The van der Waals surface area contributed by atoms with Gasteiger partial charge in [0, 0.05) is 45.5 Å². The summed E-state index contributed by atoms with van der Waals surface area (Å²) in [4.78, 5) is 48.1. The number of aromatic nitrogens is 4. The second-order valence-corrected chi connectivity index (χ2v) is 14.7. The molecular weight excluding hydrogens is 643 g/mol. The lowest BCUT2D eigenvalue weighted by molar-refractivity contribution is -0.128. The van der Waals surface area contributed by atoms with Crippen LogP contribution < -0.4 is 16.8 Å². The molecule has 3 heterocycles. The van der Waals surface area contributed by atoms with Crippen LogP contribution in [0.2, 0.25) is 0 Å². The van der Waals surface area contributed by atoms with Crippen molar-refractivity contribution in [3.63, 3.8) is 0 Å². The fourth-order valence-corrected chi connectivity index (χ4v) is 6.11. The molecule has 1 aromatic carbocycles. The summed E-state index contributed by atoms with van der Waals surface area (Å²) in [6.07, 6.45) is 10.7. The second kappa shape index (κ2) is 19.3. The molecule has 1 saturated heterocycles. The molecule has 2 aromatic heterocycles. The van der Waals surface area contributed by atoms with Crippen LogP contribution in [0.5, 0.6) is 0 Å². The van der Waals surface area contributed by atoms with Crippen LogP contribution in [0.3, 0.4) is 0 Å². The van der Waals surface area contributed by atoms with Gasteiger partial charge in [0.25, 0.3) is 5.91 Å². The van der Waals surface area contributed by atoms with Gasteiger partial charge in [-0.3, -0.25) is 24.2 Å². The molecule has 0 saturated carbocycles. The van der Waals surface area contributed by atoms with Gasteiger partial charge in [-0.2, -0.15) is 5.10 Å². The number of carbonyl (C=O) groups is 3. The average molecular weight is 697 g/mol. The average Bonchev–Trinajstić information content (AvgIpc) is 3.53. The van der Waals surface area contributed by atoms with Gasteiger partial charge in [0.2, 0.25) is 11.8 Å². The van der Waals surface area contributed by atoms with Crippen LogP contribution in [0.15, 0.2) is 30.6 Å². The van der Waals surface area contributed by atoms with Crippen LogP contribution in [0.25, 0.3) is 11.0 Å². The Bertz CT molecular complexity index is 1590. The molecule has 3 amide bonds. The Balaban J connectivity index is 0.000000272. The van der Waals surface area contributed by atoms with Crippen LogP contribution in [-0.2, 0) is 20.7 Å². The van der Waals surface area contributed by atoms with E-state index in [0.717, 1.165) is 61.9 Å². The third-order valence-electron chi connectivity index (χ3n) is 8.60. The predicted octanol–water partition coefficient (Wildman–Crippen LogP) is 3.66. The number of rotatable bonds is 13. The molecule has 1 fully saturated rings. The second-order valence-electron chi connectivity index (χ2n) is 12.5. The minimum absolute atomic E-state index is 0.0219. The first-order valence-electron chi connectivity index (χ1n) is 16.6. The third kappa shape index (κ3) is 11.6. The summed E-state index contributed by atoms with van der Waals surface area (Å²) in [6, 6.07) is 3.64. The highest BCUT2D eigenvalue weighted by Gasteiger charge is 2.19. The Morgan fingerprint density at radius 2 is 1.84 bits per heavy atom. The van der Waals surface area contributed by atoms with Crippen LogP contribution >= 0.6 is 8.07 Å². The van der Waals surface area contributed by atoms with E-state index >= 15 is 0 Å². The summed E-state index contributed by atoms with van der Waals surface area (Å²) >= 11 is 0. The monoisotopic (exact) mass is 696 g/mol. The zero-order chi connectivity index (χ0) is 36.1. The van der Waals surface area contributed by atoms with E-state index in [2.05, 4.69) is 50.8 Å². The third-order valence-corrected chi connectivity index (χ3v) is 10.4. The van der Waals surface area contributed by atoms with Gasteiger partial charge in [0.05, 0.1) is 24.3 Å². The van der Waals surface area contributed by atoms with Gasteiger partial charge < -0.3 is 31.3 Å². The number of ether oxygens (including phenoxy) is 1. The van der Waals surface area contributed by atoms with E-state index in [1.165, 1.54) is 12.7 Å². The lowest BCUT2D eigenvalue weighted by Crippen LogP contribution is -2.34. The molecule has 3 aromatic rings. The standard InChI is InChI=1S/C18H21N7O2.C16H32N3O2P/c1-9-10(2)12(6-5-11(9)7-13(26)25(3)4)22-18(27)15-14-16(19)20-8-21-17(14)24-23-15;1-15(9-10-17)21-14-22(3)18(2)11-7-8-16(20)19-12-5-4-6-13-19/h5-6,8H,7H2,1-4H3,(H,22,27)(H3,19,20,21,23,24);7-8,15H,4-6,9-14,17H2,1-3H3/b;8-7+. The number of nitrogens with two attached hydrogens (primary N) is 2. The van der Waals surface area contributed by atoms with Gasteiger partial charge in [0.1, 0.15) is 17.8 Å². The Morgan fingerprint density at radius 3 is 2.51 bits per heavy atom. The number of likely N-dealkylation sites (N-methyl/N-ethyl adjacent to an activating group) is 2. The number of aromatic amines is 1. The number of fused-ring (bicyclic) bond motifs is 1. The van der Waals surface area contributed by atoms with Crippen molar-refractivity contribution < 1.29 is 19.1 Å². The number of anilines is 2. The maximum atomic E-state index is 12.7. The maximum Gasteiger partial charge on any atom is 0.274 e. The van der Waals surface area contributed by atoms with Gasteiger partial charge in [-0.25, -0.2) is 9.97 Å². The van der Waals surface area contributed by atoms with E-state index in [1.807, 2.05) is 30.9 Å². The summed E-state index contributed by atoms with van der Waals surface area (Å²) in [6.45, 7) is 11.4. The number of carbonyl (C=O) groups excluding carboxylic acids is 3. The van der Waals surface area contributed by atoms with Crippen molar-refractivity contribution in [2.24, 2.45) is 5.73 Å². The van der Waals surface area contributed by atoms with Crippen molar-refractivity contribution in [2.45, 2.75) is 59.0 Å². The number of hydrogen-bond donors (Lipinski definition) is 4. The number of nitrogens with one attached hydrogen (secondary N) is 2. The van der Waals surface area contributed by atoms with Gasteiger partial charge in [-0.15, -0.1) is 0 Å². The highest BCUT2D eigenvalue weighted by molar-refractivity contribution is 7.54. The topological polar surface area (TPSA) is 189 Å². The first-order chi connectivity index (χ1) is 23.3. The fourth-order valence-electron chi connectivity index (χ4n) is 5.07. The number of piperidine rings is 1. The minimum atomic E-state index is -0.390. The highest BCUT2D eigenvalue weighted by atomic mass is 31.1. The van der Waals surface area contributed by atoms with Crippen molar-refractivity contribution in [2.75, 3.05) is 71.4 Å². The van der Waals surface area contributed by atoms with Gasteiger partial charge >= 0.3 is 0 Å². The number of likely N-dealkylation sites (tertiary alicyclic amines) is 1. The van der Waals surface area contributed by atoms with Crippen molar-refractivity contribution in [1.82, 2.24) is 34.6 Å². The molecule has 268 valence electrons. The number of amides is 3. The Morgan fingerprint density at radius 1 is 1.12 bits per heavy atom. The Kier molecular flexibility index (Phi) is 15.5. The molecule has 14 nitrogen and oxygen atoms in total. The smallest absolute Gasteiger partial charge is 0.274 e. The summed E-state index contributed by atoms with van der Waals surface area (Å²) in [5, 5.41) is 9.90. The summed E-state index contributed by atoms with van der Waals surface area (Å²) in [5.74, 6) is -0.0296. The van der Waals surface area contributed by atoms with Crippen LogP contribution in [0, 0.1) is 13.8 Å². The van der Waals surface area contributed by atoms with Crippen molar-refractivity contribution >= 4 is 48.3 Å². The van der Waals surface area contributed by atoms with Crippen LogP contribution in [-0.4, -0.2) is 119 Å². The molecule has 0 aliphatic carbocycles. The predicted molar refractivity (Wildman–Crippen MR) is 196 cm³/mol. The molecule has 6 N–H and O–H groups in total.